The van der Waals surface area contributed by atoms with E-state index < -0.39 is 11.9 Å². The second kappa shape index (κ2) is 5.68. The van der Waals surface area contributed by atoms with Gasteiger partial charge in [-0.1, -0.05) is 6.92 Å². The summed E-state index contributed by atoms with van der Waals surface area (Å²) in [7, 11) is 0. The highest BCUT2D eigenvalue weighted by atomic mass is 16.5. The van der Waals surface area contributed by atoms with E-state index in [-0.39, 0.29) is 11.7 Å². The largest absolute Gasteiger partial charge is 0.498 e. The molecule has 0 heterocycles. The molecule has 4 heteroatoms. The summed E-state index contributed by atoms with van der Waals surface area (Å²) in [5, 5.41) is 0. The first-order valence-electron chi connectivity index (χ1n) is 5.64. The first-order valence-corrected chi connectivity index (χ1v) is 5.64. The highest BCUT2D eigenvalue weighted by Crippen LogP contribution is 2.28. The molecule has 1 aliphatic carbocycles. The highest BCUT2D eigenvalue weighted by molar-refractivity contribution is 6.06. The van der Waals surface area contributed by atoms with Gasteiger partial charge >= 0.3 is 5.97 Å². The second-order valence-electron chi connectivity index (χ2n) is 3.86. The zero-order chi connectivity index (χ0) is 12.1. The third-order valence-corrected chi connectivity index (χ3v) is 2.57. The number of carbonyl (C=O) groups is 2. The number of ketones is 1. The number of rotatable bonds is 4. The summed E-state index contributed by atoms with van der Waals surface area (Å²) >= 11 is 0. The Morgan fingerprint density at radius 1 is 1.44 bits per heavy atom. The van der Waals surface area contributed by atoms with E-state index in [2.05, 4.69) is 0 Å². The Morgan fingerprint density at radius 3 is 2.62 bits per heavy atom. The molecular formula is C12H18O4. The molecule has 90 valence electrons. The van der Waals surface area contributed by atoms with Crippen molar-refractivity contribution in [2.45, 2.75) is 27.2 Å². The number of hydrogen-bond donors (Lipinski definition) is 0. The van der Waals surface area contributed by atoms with Gasteiger partial charge in [0, 0.05) is 12.5 Å². The van der Waals surface area contributed by atoms with Crippen LogP contribution in [0.4, 0.5) is 0 Å². The molecule has 0 fully saturated rings. The summed E-state index contributed by atoms with van der Waals surface area (Å²) < 4.78 is 10.2. The molecule has 1 rings (SSSR count). The molecule has 2 atom stereocenters. The molecule has 0 bridgehead atoms. The number of allylic oxidation sites excluding steroid dienone is 2. The number of ether oxygens (including phenoxy) is 2. The Balaban J connectivity index is 2.76. The third kappa shape index (κ3) is 2.84. The minimum atomic E-state index is -0.663. The van der Waals surface area contributed by atoms with Gasteiger partial charge in [0.1, 0.15) is 5.92 Å². The summed E-state index contributed by atoms with van der Waals surface area (Å²) in [4.78, 5) is 23.3. The van der Waals surface area contributed by atoms with Crippen LogP contribution < -0.4 is 0 Å². The average molecular weight is 226 g/mol. The lowest BCUT2D eigenvalue weighted by molar-refractivity contribution is -0.153. The van der Waals surface area contributed by atoms with Gasteiger partial charge in [0.05, 0.1) is 19.0 Å². The summed E-state index contributed by atoms with van der Waals surface area (Å²) in [6.07, 6.45) is 2.04. The molecule has 0 saturated heterocycles. The van der Waals surface area contributed by atoms with Crippen LogP contribution in [0.1, 0.15) is 27.2 Å². The van der Waals surface area contributed by atoms with Gasteiger partial charge in [-0.3, -0.25) is 9.59 Å². The lowest BCUT2D eigenvalue weighted by Gasteiger charge is -2.25. The topological polar surface area (TPSA) is 52.6 Å². The van der Waals surface area contributed by atoms with Gasteiger partial charge in [-0.05, 0) is 19.8 Å². The monoisotopic (exact) mass is 226 g/mol. The molecule has 4 nitrogen and oxygen atoms in total. The molecule has 0 aromatic carbocycles. The van der Waals surface area contributed by atoms with E-state index in [4.69, 9.17) is 9.47 Å². The first-order chi connectivity index (χ1) is 7.60. The normalized spacial score (nSPS) is 24.9. The van der Waals surface area contributed by atoms with Crippen LogP contribution in [0.15, 0.2) is 11.8 Å². The van der Waals surface area contributed by atoms with Crippen molar-refractivity contribution in [3.8, 4) is 0 Å². The van der Waals surface area contributed by atoms with Crippen molar-refractivity contribution in [3.63, 3.8) is 0 Å². The fraction of sp³-hybridized carbons (Fsp3) is 0.667. The summed E-state index contributed by atoms with van der Waals surface area (Å²) in [6.45, 7) is 6.31. The van der Waals surface area contributed by atoms with Gasteiger partial charge in [0.2, 0.25) is 0 Å². The van der Waals surface area contributed by atoms with Crippen LogP contribution in [-0.2, 0) is 19.1 Å². The van der Waals surface area contributed by atoms with Gasteiger partial charge in [-0.25, -0.2) is 0 Å². The van der Waals surface area contributed by atoms with Gasteiger partial charge in [0.25, 0.3) is 0 Å². The van der Waals surface area contributed by atoms with Gasteiger partial charge in [-0.2, -0.15) is 0 Å². The van der Waals surface area contributed by atoms with Crippen molar-refractivity contribution in [1.82, 2.24) is 0 Å². The van der Waals surface area contributed by atoms with E-state index in [1.165, 1.54) is 6.08 Å². The SMILES string of the molecule is CCOC(=O)C1C(=O)C=C(OCC)CC1C. The van der Waals surface area contributed by atoms with Crippen LogP contribution >= 0.6 is 0 Å². The lowest BCUT2D eigenvalue weighted by Crippen LogP contribution is -2.34. The fourth-order valence-corrected chi connectivity index (χ4v) is 1.89. The van der Waals surface area contributed by atoms with Gasteiger partial charge in [0.15, 0.2) is 5.78 Å². The molecular weight excluding hydrogens is 208 g/mol. The van der Waals surface area contributed by atoms with Crippen molar-refractivity contribution in [2.24, 2.45) is 11.8 Å². The zero-order valence-electron chi connectivity index (χ0n) is 9.99. The van der Waals surface area contributed by atoms with Gasteiger partial charge < -0.3 is 9.47 Å². The van der Waals surface area contributed by atoms with E-state index in [0.29, 0.717) is 25.4 Å². The molecule has 0 radical (unpaired) electrons. The number of esters is 1. The predicted molar refractivity (Wildman–Crippen MR) is 58.6 cm³/mol. The van der Waals surface area contributed by atoms with Crippen molar-refractivity contribution in [1.29, 1.82) is 0 Å². The van der Waals surface area contributed by atoms with Crippen LogP contribution in [0.25, 0.3) is 0 Å². The average Bonchev–Trinajstić information content (AvgIpc) is 2.17. The van der Waals surface area contributed by atoms with E-state index in [1.54, 1.807) is 6.92 Å². The van der Waals surface area contributed by atoms with E-state index in [9.17, 15) is 9.59 Å². The Hall–Kier alpha value is -1.32. The van der Waals surface area contributed by atoms with Crippen molar-refractivity contribution < 1.29 is 19.1 Å². The third-order valence-electron chi connectivity index (χ3n) is 2.57. The minimum absolute atomic E-state index is 0.0573. The molecule has 0 N–H and O–H groups in total. The smallest absolute Gasteiger partial charge is 0.317 e. The Labute approximate surface area is 95.6 Å². The minimum Gasteiger partial charge on any atom is -0.498 e. The van der Waals surface area contributed by atoms with E-state index >= 15 is 0 Å². The molecule has 0 spiro atoms. The Bertz CT molecular complexity index is 306. The van der Waals surface area contributed by atoms with Gasteiger partial charge in [-0.15, -0.1) is 0 Å². The lowest BCUT2D eigenvalue weighted by atomic mass is 9.82. The summed E-state index contributed by atoms with van der Waals surface area (Å²) in [5.74, 6) is -0.685. The molecule has 0 aliphatic heterocycles. The highest BCUT2D eigenvalue weighted by Gasteiger charge is 2.36. The Kier molecular flexibility index (Phi) is 4.52. The standard InChI is InChI=1S/C12H18O4/c1-4-15-9-6-8(3)11(10(13)7-9)12(14)16-5-2/h7-8,11H,4-6H2,1-3H3. The van der Waals surface area contributed by atoms with Crippen molar-refractivity contribution in [2.75, 3.05) is 13.2 Å². The van der Waals surface area contributed by atoms with Crippen LogP contribution in [0.3, 0.4) is 0 Å². The van der Waals surface area contributed by atoms with E-state index in [1.807, 2.05) is 13.8 Å². The zero-order valence-corrected chi connectivity index (χ0v) is 9.99. The van der Waals surface area contributed by atoms with Crippen LogP contribution in [0.2, 0.25) is 0 Å². The number of carbonyl (C=O) groups excluding carboxylic acids is 2. The fourth-order valence-electron chi connectivity index (χ4n) is 1.89. The van der Waals surface area contributed by atoms with E-state index in [0.717, 1.165) is 0 Å². The summed E-state index contributed by atoms with van der Waals surface area (Å²) in [6, 6.07) is 0. The molecule has 1 aliphatic rings. The summed E-state index contributed by atoms with van der Waals surface area (Å²) in [5.41, 5.74) is 0. The molecule has 2 unspecified atom stereocenters. The maximum absolute atomic E-state index is 11.7. The quantitative estimate of drug-likeness (QED) is 0.540. The maximum Gasteiger partial charge on any atom is 0.317 e. The van der Waals surface area contributed by atoms with Crippen molar-refractivity contribution >= 4 is 11.8 Å². The number of hydrogen-bond acceptors (Lipinski definition) is 4. The molecule has 0 amide bonds. The predicted octanol–water partition coefficient (Wildman–Crippen LogP) is 1.70. The van der Waals surface area contributed by atoms with Crippen molar-refractivity contribution in [3.05, 3.63) is 11.8 Å². The molecule has 0 saturated carbocycles. The maximum atomic E-state index is 11.7. The van der Waals surface area contributed by atoms with Crippen LogP contribution in [0, 0.1) is 11.8 Å². The molecule has 0 aromatic rings. The second-order valence-corrected chi connectivity index (χ2v) is 3.86. The Morgan fingerprint density at radius 2 is 2.12 bits per heavy atom. The molecule has 0 aromatic heterocycles. The van der Waals surface area contributed by atoms with Crippen LogP contribution in [-0.4, -0.2) is 25.0 Å². The molecule has 16 heavy (non-hydrogen) atoms. The van der Waals surface area contributed by atoms with Crippen LogP contribution in [0.5, 0.6) is 0 Å². The first kappa shape index (κ1) is 12.7.